The number of para-hydroxylation sites is 3. The Bertz CT molecular complexity index is 957. The first-order valence-corrected chi connectivity index (χ1v) is 9.16. The van der Waals surface area contributed by atoms with E-state index in [-0.39, 0.29) is 11.2 Å². The molecular formula is C17H14N4OS2. The van der Waals surface area contributed by atoms with Gasteiger partial charge in [-0.1, -0.05) is 47.4 Å². The summed E-state index contributed by atoms with van der Waals surface area (Å²) in [4.78, 5) is 24.5. The number of nitrogens with one attached hydrogen (secondary N) is 2. The van der Waals surface area contributed by atoms with Crippen LogP contribution in [0.4, 0.5) is 5.13 Å². The van der Waals surface area contributed by atoms with E-state index < -0.39 is 0 Å². The van der Waals surface area contributed by atoms with Crippen LogP contribution in [-0.2, 0) is 4.79 Å². The molecule has 1 amide bonds. The number of hydrogen-bond acceptors (Lipinski definition) is 5. The molecule has 0 radical (unpaired) electrons. The smallest absolute Gasteiger partial charge is 0.239 e. The molecule has 0 saturated carbocycles. The first-order valence-electron chi connectivity index (χ1n) is 7.47. The van der Waals surface area contributed by atoms with Gasteiger partial charge < -0.3 is 10.3 Å². The van der Waals surface area contributed by atoms with Crippen LogP contribution in [0, 0.1) is 0 Å². The molecule has 0 aliphatic heterocycles. The van der Waals surface area contributed by atoms with E-state index in [0.29, 0.717) is 5.13 Å². The molecule has 0 saturated heterocycles. The highest BCUT2D eigenvalue weighted by atomic mass is 32.2. The molecule has 120 valence electrons. The van der Waals surface area contributed by atoms with Gasteiger partial charge in [0.05, 0.1) is 26.5 Å². The Morgan fingerprint density at radius 2 is 1.88 bits per heavy atom. The van der Waals surface area contributed by atoms with Crippen LogP contribution in [-0.4, -0.2) is 26.1 Å². The highest BCUT2D eigenvalue weighted by Crippen LogP contribution is 2.27. The van der Waals surface area contributed by atoms with E-state index in [2.05, 4.69) is 20.3 Å². The van der Waals surface area contributed by atoms with Crippen molar-refractivity contribution in [3.8, 4) is 0 Å². The normalized spacial score (nSPS) is 12.5. The molecule has 4 rings (SSSR count). The lowest BCUT2D eigenvalue weighted by molar-refractivity contribution is -0.115. The predicted octanol–water partition coefficient (Wildman–Crippen LogP) is 4.29. The summed E-state index contributed by atoms with van der Waals surface area (Å²) in [6.07, 6.45) is 0. The number of amides is 1. The number of thioether (sulfide) groups is 1. The fraction of sp³-hybridized carbons (Fsp3) is 0.118. The average Bonchev–Trinajstić information content (AvgIpc) is 3.16. The molecule has 2 aromatic carbocycles. The van der Waals surface area contributed by atoms with Gasteiger partial charge in [-0.25, -0.2) is 9.97 Å². The number of aromatic nitrogens is 3. The molecule has 2 heterocycles. The second-order valence-electron chi connectivity index (χ2n) is 5.30. The van der Waals surface area contributed by atoms with Gasteiger partial charge in [-0.2, -0.15) is 0 Å². The van der Waals surface area contributed by atoms with Crippen LogP contribution in [0.15, 0.2) is 53.7 Å². The summed E-state index contributed by atoms with van der Waals surface area (Å²) >= 11 is 2.88. The molecule has 24 heavy (non-hydrogen) atoms. The van der Waals surface area contributed by atoms with Crippen molar-refractivity contribution in [3.05, 3.63) is 48.5 Å². The van der Waals surface area contributed by atoms with E-state index in [1.807, 2.05) is 55.5 Å². The summed E-state index contributed by atoms with van der Waals surface area (Å²) in [7, 11) is 0. The number of carbonyl (C=O) groups excluding carboxylic acids is 1. The van der Waals surface area contributed by atoms with Gasteiger partial charge >= 0.3 is 0 Å². The Balaban J connectivity index is 1.47. The number of aromatic amines is 1. The molecule has 5 nitrogen and oxygen atoms in total. The van der Waals surface area contributed by atoms with Gasteiger partial charge in [-0.3, -0.25) is 4.79 Å². The van der Waals surface area contributed by atoms with Crippen LogP contribution in [0.5, 0.6) is 0 Å². The van der Waals surface area contributed by atoms with Crippen molar-refractivity contribution in [3.63, 3.8) is 0 Å². The first kappa shape index (κ1) is 15.2. The third kappa shape index (κ3) is 3.00. The average molecular weight is 354 g/mol. The van der Waals surface area contributed by atoms with Crippen molar-refractivity contribution >= 4 is 55.4 Å². The zero-order valence-corrected chi connectivity index (χ0v) is 14.4. The van der Waals surface area contributed by atoms with E-state index in [4.69, 9.17) is 0 Å². The fourth-order valence-electron chi connectivity index (χ4n) is 2.34. The summed E-state index contributed by atoms with van der Waals surface area (Å²) < 4.78 is 1.06. The second kappa shape index (κ2) is 6.26. The molecule has 4 aromatic rings. The fourth-order valence-corrected chi connectivity index (χ4v) is 4.03. The SMILES string of the molecule is C[C@H](Sc1nc2ccccc2[nH]1)C(=O)Nc1nc2ccccc2s1. The number of fused-ring (bicyclic) bond motifs is 2. The first-order chi connectivity index (χ1) is 11.7. The van der Waals surface area contributed by atoms with Gasteiger partial charge in [0.1, 0.15) is 0 Å². The van der Waals surface area contributed by atoms with Crippen molar-refractivity contribution < 1.29 is 4.79 Å². The molecule has 2 N–H and O–H groups in total. The minimum absolute atomic E-state index is 0.0838. The molecule has 0 fully saturated rings. The van der Waals surface area contributed by atoms with Crippen LogP contribution < -0.4 is 5.32 Å². The lowest BCUT2D eigenvalue weighted by Crippen LogP contribution is -2.22. The second-order valence-corrected chi connectivity index (χ2v) is 7.66. The van der Waals surface area contributed by atoms with Crippen LogP contribution in [0.2, 0.25) is 0 Å². The van der Waals surface area contributed by atoms with Crippen molar-refractivity contribution in [1.29, 1.82) is 0 Å². The van der Waals surface area contributed by atoms with Crippen molar-refractivity contribution in [2.75, 3.05) is 5.32 Å². The van der Waals surface area contributed by atoms with Gasteiger partial charge in [0.15, 0.2) is 10.3 Å². The number of thiazole rings is 1. The molecule has 7 heteroatoms. The summed E-state index contributed by atoms with van der Waals surface area (Å²) in [5.74, 6) is -0.0838. The molecule has 0 spiro atoms. The standard InChI is InChI=1S/C17H14N4OS2/c1-10(23-16-18-11-6-2-3-7-12(11)19-16)15(22)21-17-20-13-8-4-5-9-14(13)24-17/h2-10H,1H3,(H,18,19)(H,20,21,22)/t10-/m0/s1. The van der Waals surface area contributed by atoms with Gasteiger partial charge in [0.25, 0.3) is 0 Å². The molecule has 1 atom stereocenters. The number of benzene rings is 2. The van der Waals surface area contributed by atoms with E-state index in [9.17, 15) is 4.79 Å². The maximum absolute atomic E-state index is 12.4. The summed E-state index contributed by atoms with van der Waals surface area (Å²) in [6, 6.07) is 15.7. The maximum atomic E-state index is 12.4. The minimum Gasteiger partial charge on any atom is -0.333 e. The van der Waals surface area contributed by atoms with E-state index >= 15 is 0 Å². The van der Waals surface area contributed by atoms with E-state index in [1.165, 1.54) is 23.1 Å². The monoisotopic (exact) mass is 354 g/mol. The van der Waals surface area contributed by atoms with Crippen LogP contribution in [0.1, 0.15) is 6.92 Å². The summed E-state index contributed by atoms with van der Waals surface area (Å²) in [5, 5.41) is 3.97. The van der Waals surface area contributed by atoms with E-state index in [0.717, 1.165) is 26.4 Å². The number of anilines is 1. The molecule has 0 bridgehead atoms. The van der Waals surface area contributed by atoms with Gasteiger partial charge in [-0.15, -0.1) is 0 Å². The van der Waals surface area contributed by atoms with Crippen LogP contribution >= 0.6 is 23.1 Å². The highest BCUT2D eigenvalue weighted by molar-refractivity contribution is 8.00. The zero-order valence-electron chi connectivity index (χ0n) is 12.8. The van der Waals surface area contributed by atoms with Gasteiger partial charge in [0.2, 0.25) is 5.91 Å². The number of H-pyrrole nitrogens is 1. The third-order valence-corrected chi connectivity index (χ3v) is 5.49. The Morgan fingerprint density at radius 1 is 1.12 bits per heavy atom. The van der Waals surface area contributed by atoms with E-state index in [1.54, 1.807) is 0 Å². The van der Waals surface area contributed by atoms with Gasteiger partial charge in [0, 0.05) is 0 Å². The maximum Gasteiger partial charge on any atom is 0.239 e. The summed E-state index contributed by atoms with van der Waals surface area (Å²) in [6.45, 7) is 1.86. The zero-order chi connectivity index (χ0) is 16.5. The number of rotatable bonds is 4. The van der Waals surface area contributed by atoms with Crippen molar-refractivity contribution in [1.82, 2.24) is 15.0 Å². The Labute approximate surface area is 146 Å². The Hall–Kier alpha value is -2.38. The number of hydrogen-bond donors (Lipinski definition) is 2. The largest absolute Gasteiger partial charge is 0.333 e. The Kier molecular flexibility index (Phi) is 3.95. The Morgan fingerprint density at radius 3 is 2.67 bits per heavy atom. The molecule has 0 unspecified atom stereocenters. The quantitative estimate of drug-likeness (QED) is 0.536. The lowest BCUT2D eigenvalue weighted by atomic mass is 10.3. The molecule has 0 aliphatic carbocycles. The summed E-state index contributed by atoms with van der Waals surface area (Å²) in [5.41, 5.74) is 2.77. The van der Waals surface area contributed by atoms with Crippen molar-refractivity contribution in [2.24, 2.45) is 0 Å². The molecule has 0 aliphatic rings. The van der Waals surface area contributed by atoms with Crippen LogP contribution in [0.25, 0.3) is 21.3 Å². The number of imidazole rings is 1. The predicted molar refractivity (Wildman–Crippen MR) is 99.7 cm³/mol. The lowest BCUT2D eigenvalue weighted by Gasteiger charge is -2.08. The number of carbonyl (C=O) groups is 1. The highest BCUT2D eigenvalue weighted by Gasteiger charge is 2.18. The van der Waals surface area contributed by atoms with Gasteiger partial charge in [-0.05, 0) is 31.2 Å². The number of nitrogens with zero attached hydrogens (tertiary/aromatic N) is 2. The topological polar surface area (TPSA) is 70.7 Å². The van der Waals surface area contributed by atoms with Crippen LogP contribution in [0.3, 0.4) is 0 Å². The minimum atomic E-state index is -0.280. The third-order valence-electron chi connectivity index (χ3n) is 3.55. The van der Waals surface area contributed by atoms with Crippen molar-refractivity contribution in [2.45, 2.75) is 17.3 Å². The molecular weight excluding hydrogens is 340 g/mol. The molecule has 2 aromatic heterocycles.